The van der Waals surface area contributed by atoms with E-state index in [0.717, 1.165) is 48.3 Å². The Morgan fingerprint density at radius 3 is 2.07 bits per heavy atom. The first kappa shape index (κ1) is 20.8. The maximum absolute atomic E-state index is 6.32. The Bertz CT molecular complexity index is 916. The number of benzene rings is 2. The Kier molecular flexibility index (Phi) is 6.48. The summed E-state index contributed by atoms with van der Waals surface area (Å²) in [6.45, 7) is 5.10. The third-order valence-electron chi connectivity index (χ3n) is 5.15. The van der Waals surface area contributed by atoms with Gasteiger partial charge < -0.3 is 5.48 Å². The molecule has 1 radical (unpaired) electrons. The number of aromatic nitrogens is 1. The molecule has 6 rings (SSSR count). The van der Waals surface area contributed by atoms with Crippen molar-refractivity contribution in [2.45, 2.75) is 12.6 Å². The van der Waals surface area contributed by atoms with E-state index in [1.54, 1.807) is 0 Å². The van der Waals surface area contributed by atoms with Gasteiger partial charge in [0, 0.05) is 0 Å². The Hall–Kier alpha value is -0.457. The molecular formula is C19H21Br2GeN2O4. The minimum Gasteiger partial charge on any atom is -0.412 e. The molecule has 1 aromatic heterocycles. The van der Waals surface area contributed by atoms with E-state index in [-0.39, 0.29) is 11.6 Å². The van der Waals surface area contributed by atoms with Crippen molar-refractivity contribution in [1.82, 2.24) is 9.47 Å². The normalized spacial score (nSPS) is 23.4. The third kappa shape index (κ3) is 4.06. The molecule has 2 N–H and O–H groups in total. The van der Waals surface area contributed by atoms with Crippen LogP contribution in [-0.2, 0) is 17.8 Å². The molecule has 0 saturated carbocycles. The van der Waals surface area contributed by atoms with Crippen LogP contribution >= 0.6 is 31.9 Å². The van der Waals surface area contributed by atoms with Crippen LogP contribution in [0.4, 0.5) is 0 Å². The number of nitrogens with zero attached hydrogens (tertiary/aromatic N) is 2. The topological polar surface area (TPSA) is 67.4 Å². The molecule has 2 bridgehead atoms. The van der Waals surface area contributed by atoms with Gasteiger partial charge in [-0.25, -0.2) is 0 Å². The Balaban J connectivity index is 0.00000192. The van der Waals surface area contributed by atoms with Crippen LogP contribution in [0.3, 0.4) is 0 Å². The number of rotatable bonds is 2. The number of fused-ring (bicyclic) bond motifs is 9. The summed E-state index contributed by atoms with van der Waals surface area (Å²) in [4.78, 5) is 2.39. The number of hydrogen-bond acceptors (Lipinski definition) is 4. The predicted molar refractivity (Wildman–Crippen MR) is 117 cm³/mol. The second kappa shape index (κ2) is 8.73. The van der Waals surface area contributed by atoms with Crippen LogP contribution in [-0.4, -0.2) is 69.3 Å². The molecule has 1 unspecified atom stereocenters. The van der Waals surface area contributed by atoms with Crippen molar-refractivity contribution in [1.29, 1.82) is 0 Å². The van der Waals surface area contributed by atoms with Crippen molar-refractivity contribution < 1.29 is 16.8 Å². The van der Waals surface area contributed by atoms with E-state index in [1.807, 2.05) is 0 Å². The van der Waals surface area contributed by atoms with Gasteiger partial charge in [-0.3, -0.25) is 0 Å². The standard InChI is InChI=1S/C19H19Br2GeN2O3.H2O/c20-13-1-3-18-16(9-13)17-10-14(21)2-4-19(17)24(18)12-15-11-23-5-7-25-22(27-15)26-8-6-23;/h1-4,9-10,15H,5-8,11-12H2;1H2. The molecule has 3 aliphatic heterocycles. The van der Waals surface area contributed by atoms with E-state index in [1.165, 1.54) is 21.8 Å². The smallest absolute Gasteiger partial charge is 0.412 e. The van der Waals surface area contributed by atoms with Crippen LogP contribution in [0, 0.1) is 0 Å². The van der Waals surface area contributed by atoms with Crippen LogP contribution in [0.5, 0.6) is 0 Å². The zero-order valence-corrected chi connectivity index (χ0v) is 20.4. The van der Waals surface area contributed by atoms with Crippen LogP contribution in [0.15, 0.2) is 45.3 Å². The van der Waals surface area contributed by atoms with Gasteiger partial charge in [-0.15, -0.1) is 0 Å². The first-order valence-electron chi connectivity index (χ1n) is 9.06. The molecular weight excluding hydrogens is 553 g/mol. The fourth-order valence-corrected chi connectivity index (χ4v) is 7.07. The van der Waals surface area contributed by atoms with Gasteiger partial charge >= 0.3 is 181 Å². The van der Waals surface area contributed by atoms with Gasteiger partial charge in [-0.05, 0) is 0 Å². The van der Waals surface area contributed by atoms with Gasteiger partial charge in [0.2, 0.25) is 0 Å². The van der Waals surface area contributed by atoms with Crippen molar-refractivity contribution in [3.63, 3.8) is 0 Å². The van der Waals surface area contributed by atoms with E-state index >= 15 is 0 Å². The Morgan fingerprint density at radius 2 is 1.50 bits per heavy atom. The zero-order valence-electron chi connectivity index (χ0n) is 15.2. The first-order valence-corrected chi connectivity index (χ1v) is 13.2. The summed E-state index contributed by atoms with van der Waals surface area (Å²) in [5.74, 6) is 0. The van der Waals surface area contributed by atoms with Crippen molar-refractivity contribution >= 4 is 69.0 Å². The first-order chi connectivity index (χ1) is 13.2. The second-order valence-electron chi connectivity index (χ2n) is 6.92. The number of halogens is 2. The molecule has 2 aromatic carbocycles. The van der Waals surface area contributed by atoms with E-state index in [0.29, 0.717) is 0 Å². The average molecular weight is 574 g/mol. The molecule has 9 heteroatoms. The fourth-order valence-electron chi connectivity index (χ4n) is 3.93. The monoisotopic (exact) mass is 573 g/mol. The molecule has 0 amide bonds. The largest absolute Gasteiger partial charge is 0.412 e. The molecule has 4 heterocycles. The zero-order chi connectivity index (χ0) is 18.4. The summed E-state index contributed by atoms with van der Waals surface area (Å²) in [5, 5.41) is 2.50. The quantitative estimate of drug-likeness (QED) is 0.442. The maximum atomic E-state index is 6.32. The van der Waals surface area contributed by atoms with Crippen molar-refractivity contribution in [2.75, 3.05) is 32.8 Å². The number of hydrogen-bond donors (Lipinski definition) is 0. The molecule has 3 aliphatic rings. The Labute approximate surface area is 185 Å². The second-order valence-corrected chi connectivity index (χ2v) is 11.5. The van der Waals surface area contributed by atoms with Crippen LogP contribution in [0.1, 0.15) is 0 Å². The van der Waals surface area contributed by atoms with Crippen LogP contribution in [0.2, 0.25) is 0 Å². The van der Waals surface area contributed by atoms with E-state index in [4.69, 9.17) is 11.3 Å². The average Bonchev–Trinajstić information content (AvgIpc) is 2.88. The van der Waals surface area contributed by atoms with E-state index in [9.17, 15) is 0 Å². The van der Waals surface area contributed by atoms with Gasteiger partial charge in [-0.2, -0.15) is 0 Å². The minimum absolute atomic E-state index is 0. The van der Waals surface area contributed by atoms with Gasteiger partial charge in [-0.1, -0.05) is 0 Å². The third-order valence-corrected chi connectivity index (χ3v) is 9.09. The van der Waals surface area contributed by atoms with E-state index in [2.05, 4.69) is 77.7 Å². The molecule has 3 aromatic rings. The molecule has 6 nitrogen and oxygen atoms in total. The minimum atomic E-state index is -2.33. The fraction of sp³-hybridized carbons (Fsp3) is 0.368. The molecule has 0 spiro atoms. The van der Waals surface area contributed by atoms with Gasteiger partial charge in [0.05, 0.1) is 0 Å². The predicted octanol–water partition coefficient (Wildman–Crippen LogP) is 3.23. The van der Waals surface area contributed by atoms with Crippen LogP contribution in [0.25, 0.3) is 21.8 Å². The molecule has 1 atom stereocenters. The summed E-state index contributed by atoms with van der Waals surface area (Å²) >= 11 is 4.90. The summed E-state index contributed by atoms with van der Waals surface area (Å²) in [7, 11) is 0. The Morgan fingerprint density at radius 1 is 0.929 bits per heavy atom. The van der Waals surface area contributed by atoms with Gasteiger partial charge in [0.15, 0.2) is 0 Å². The molecule has 0 aliphatic carbocycles. The molecule has 3 fully saturated rings. The van der Waals surface area contributed by atoms with Crippen molar-refractivity contribution in [2.24, 2.45) is 0 Å². The van der Waals surface area contributed by atoms with Gasteiger partial charge in [0.1, 0.15) is 0 Å². The maximum Gasteiger partial charge on any atom is -0.412 e. The SMILES string of the molecule is Brc1ccc2c(c1)c1cc(Br)ccc1n2CC1CN2CC[O][Ge]([O]CC2)[O]1.O. The van der Waals surface area contributed by atoms with E-state index < -0.39 is 15.4 Å². The van der Waals surface area contributed by atoms with Crippen molar-refractivity contribution in [3.05, 3.63) is 45.3 Å². The summed E-state index contributed by atoms with van der Waals surface area (Å²) in [6.07, 6.45) is 0.0756. The molecule has 28 heavy (non-hydrogen) atoms. The van der Waals surface area contributed by atoms with Crippen LogP contribution < -0.4 is 0 Å². The summed E-state index contributed by atoms with van der Waals surface area (Å²) in [5.41, 5.74) is 2.45. The van der Waals surface area contributed by atoms with Gasteiger partial charge in [0.25, 0.3) is 0 Å². The molecule has 149 valence electrons. The van der Waals surface area contributed by atoms with Crippen molar-refractivity contribution in [3.8, 4) is 0 Å². The molecule has 3 saturated heterocycles. The summed E-state index contributed by atoms with van der Waals surface area (Å²) in [6, 6.07) is 13.0. The summed E-state index contributed by atoms with van der Waals surface area (Å²) < 4.78 is 22.6.